The fraction of sp³-hybridized carbons (Fsp3) is 0.533. The Labute approximate surface area is 122 Å². The number of carbonyl (C=O) groups is 1. The number of ketones is 1. The van der Waals surface area contributed by atoms with Gasteiger partial charge in [-0.3, -0.25) is 9.69 Å². The molecule has 1 aromatic rings. The van der Waals surface area contributed by atoms with Gasteiger partial charge in [0, 0.05) is 23.1 Å². The highest BCUT2D eigenvalue weighted by atomic mass is 79.9. The zero-order valence-corrected chi connectivity index (χ0v) is 13.0. The van der Waals surface area contributed by atoms with Gasteiger partial charge in [0.1, 0.15) is 0 Å². The standard InChI is InChI=1S/C15H20BrNO2/c1-11(17-9-7-15(2,19)8-10-17)14(18)12-3-5-13(16)6-4-12/h3-6,11,19H,7-10H2,1-2H3. The van der Waals surface area contributed by atoms with Crippen molar-refractivity contribution in [1.82, 2.24) is 4.90 Å². The highest BCUT2D eigenvalue weighted by Crippen LogP contribution is 2.23. The molecule has 1 fully saturated rings. The monoisotopic (exact) mass is 325 g/mol. The van der Waals surface area contributed by atoms with Crippen molar-refractivity contribution in [3.63, 3.8) is 0 Å². The topological polar surface area (TPSA) is 40.5 Å². The molecule has 1 aliphatic rings. The van der Waals surface area contributed by atoms with Crippen LogP contribution >= 0.6 is 15.9 Å². The van der Waals surface area contributed by atoms with Gasteiger partial charge >= 0.3 is 0 Å². The van der Waals surface area contributed by atoms with Crippen LogP contribution in [0.3, 0.4) is 0 Å². The first-order chi connectivity index (χ1) is 8.89. The maximum absolute atomic E-state index is 12.4. The molecule has 1 N–H and O–H groups in total. The Bertz CT molecular complexity index is 446. The summed E-state index contributed by atoms with van der Waals surface area (Å²) in [4.78, 5) is 14.6. The summed E-state index contributed by atoms with van der Waals surface area (Å²) in [7, 11) is 0. The van der Waals surface area contributed by atoms with Gasteiger partial charge in [-0.15, -0.1) is 0 Å². The summed E-state index contributed by atoms with van der Waals surface area (Å²) in [6.07, 6.45) is 1.45. The molecule has 1 unspecified atom stereocenters. The molecule has 0 aliphatic carbocycles. The number of carbonyl (C=O) groups excluding carboxylic acids is 1. The van der Waals surface area contributed by atoms with E-state index in [0.29, 0.717) is 0 Å². The van der Waals surface area contributed by atoms with Crippen LogP contribution in [0.1, 0.15) is 37.0 Å². The molecule has 0 spiro atoms. The molecular weight excluding hydrogens is 306 g/mol. The highest BCUT2D eigenvalue weighted by Gasteiger charge is 2.31. The number of rotatable bonds is 3. The fourth-order valence-corrected chi connectivity index (χ4v) is 2.68. The van der Waals surface area contributed by atoms with Crippen molar-refractivity contribution in [1.29, 1.82) is 0 Å². The normalized spacial score (nSPS) is 21.1. The smallest absolute Gasteiger partial charge is 0.179 e. The van der Waals surface area contributed by atoms with E-state index in [1.54, 1.807) is 0 Å². The minimum absolute atomic E-state index is 0.128. The maximum Gasteiger partial charge on any atom is 0.179 e. The van der Waals surface area contributed by atoms with Crippen LogP contribution < -0.4 is 0 Å². The maximum atomic E-state index is 12.4. The van der Waals surface area contributed by atoms with Crippen LogP contribution in [-0.4, -0.2) is 40.5 Å². The Morgan fingerprint density at radius 3 is 2.37 bits per heavy atom. The molecule has 0 aromatic heterocycles. The van der Waals surface area contributed by atoms with Crippen LogP contribution in [0.5, 0.6) is 0 Å². The number of nitrogens with zero attached hydrogens (tertiary/aromatic N) is 1. The Hall–Kier alpha value is -0.710. The van der Waals surface area contributed by atoms with Gasteiger partial charge in [0.15, 0.2) is 5.78 Å². The number of Topliss-reactive ketones (excluding diaryl/α,β-unsaturated/α-hetero) is 1. The molecular formula is C15H20BrNO2. The zero-order valence-electron chi connectivity index (χ0n) is 11.4. The molecule has 0 amide bonds. The van der Waals surface area contributed by atoms with E-state index in [0.717, 1.165) is 36.0 Å². The van der Waals surface area contributed by atoms with E-state index < -0.39 is 5.60 Å². The van der Waals surface area contributed by atoms with Crippen molar-refractivity contribution in [3.05, 3.63) is 34.3 Å². The average molecular weight is 326 g/mol. The van der Waals surface area contributed by atoms with Crippen molar-refractivity contribution in [2.75, 3.05) is 13.1 Å². The predicted octanol–water partition coefficient (Wildman–Crippen LogP) is 2.87. The fourth-order valence-electron chi connectivity index (χ4n) is 2.41. The van der Waals surface area contributed by atoms with Crippen LogP contribution in [-0.2, 0) is 0 Å². The van der Waals surface area contributed by atoms with Crippen LogP contribution in [0.25, 0.3) is 0 Å². The van der Waals surface area contributed by atoms with Gasteiger partial charge in [-0.2, -0.15) is 0 Å². The molecule has 1 heterocycles. The number of likely N-dealkylation sites (tertiary alicyclic amines) is 1. The summed E-state index contributed by atoms with van der Waals surface area (Å²) in [5.74, 6) is 0.147. The molecule has 1 atom stereocenters. The van der Waals surface area contributed by atoms with Crippen molar-refractivity contribution >= 4 is 21.7 Å². The van der Waals surface area contributed by atoms with E-state index in [-0.39, 0.29) is 11.8 Å². The van der Waals surface area contributed by atoms with E-state index in [2.05, 4.69) is 20.8 Å². The number of benzene rings is 1. The lowest BCUT2D eigenvalue weighted by Gasteiger charge is -2.38. The molecule has 3 nitrogen and oxygen atoms in total. The molecule has 4 heteroatoms. The summed E-state index contributed by atoms with van der Waals surface area (Å²) in [5.41, 5.74) is 0.171. The highest BCUT2D eigenvalue weighted by molar-refractivity contribution is 9.10. The second kappa shape index (κ2) is 5.73. The largest absolute Gasteiger partial charge is 0.390 e. The number of hydrogen-bond acceptors (Lipinski definition) is 3. The third-order valence-corrected chi connectivity index (χ3v) is 4.46. The van der Waals surface area contributed by atoms with Gasteiger partial charge < -0.3 is 5.11 Å². The van der Waals surface area contributed by atoms with Gasteiger partial charge in [0.25, 0.3) is 0 Å². The minimum atomic E-state index is -0.573. The lowest BCUT2D eigenvalue weighted by Crippen LogP contribution is -2.48. The number of piperidine rings is 1. The molecule has 0 saturated carbocycles. The van der Waals surface area contributed by atoms with Gasteiger partial charge in [-0.05, 0) is 38.8 Å². The second-order valence-corrected chi connectivity index (χ2v) is 6.50. The first kappa shape index (κ1) is 14.7. The van der Waals surface area contributed by atoms with Gasteiger partial charge in [-0.25, -0.2) is 0 Å². The summed E-state index contributed by atoms with van der Waals surface area (Å²) < 4.78 is 0.978. The first-order valence-corrected chi connectivity index (χ1v) is 7.44. The average Bonchev–Trinajstić information content (AvgIpc) is 2.38. The Morgan fingerprint density at radius 1 is 1.32 bits per heavy atom. The second-order valence-electron chi connectivity index (χ2n) is 5.58. The van der Waals surface area contributed by atoms with Crippen molar-refractivity contribution < 1.29 is 9.90 Å². The van der Waals surface area contributed by atoms with Crippen molar-refractivity contribution in [3.8, 4) is 0 Å². The van der Waals surface area contributed by atoms with Crippen LogP contribution in [0.2, 0.25) is 0 Å². The summed E-state index contributed by atoms with van der Waals surface area (Å²) in [5, 5.41) is 9.94. The number of hydrogen-bond donors (Lipinski definition) is 1. The van der Waals surface area contributed by atoms with Crippen LogP contribution in [0, 0.1) is 0 Å². The van der Waals surface area contributed by atoms with E-state index in [1.807, 2.05) is 38.1 Å². The first-order valence-electron chi connectivity index (χ1n) is 6.65. The summed E-state index contributed by atoms with van der Waals surface area (Å²) in [6, 6.07) is 7.35. The van der Waals surface area contributed by atoms with E-state index in [9.17, 15) is 9.90 Å². The minimum Gasteiger partial charge on any atom is -0.390 e. The molecule has 19 heavy (non-hydrogen) atoms. The summed E-state index contributed by atoms with van der Waals surface area (Å²) in [6.45, 7) is 5.36. The van der Waals surface area contributed by atoms with E-state index >= 15 is 0 Å². The van der Waals surface area contributed by atoms with Crippen LogP contribution in [0.15, 0.2) is 28.7 Å². The quantitative estimate of drug-likeness (QED) is 0.869. The Morgan fingerprint density at radius 2 is 1.84 bits per heavy atom. The predicted molar refractivity (Wildman–Crippen MR) is 79.4 cm³/mol. The lowest BCUT2D eigenvalue weighted by molar-refractivity contribution is -0.0127. The third kappa shape index (κ3) is 3.65. The molecule has 0 bridgehead atoms. The van der Waals surface area contributed by atoms with Gasteiger partial charge in [-0.1, -0.05) is 28.1 Å². The Balaban J connectivity index is 2.02. The molecule has 104 valence electrons. The van der Waals surface area contributed by atoms with Gasteiger partial charge in [0.05, 0.1) is 11.6 Å². The van der Waals surface area contributed by atoms with Crippen molar-refractivity contribution in [2.24, 2.45) is 0 Å². The van der Waals surface area contributed by atoms with Crippen molar-refractivity contribution in [2.45, 2.75) is 38.3 Å². The molecule has 1 saturated heterocycles. The number of aliphatic hydroxyl groups is 1. The van der Waals surface area contributed by atoms with E-state index in [1.165, 1.54) is 0 Å². The van der Waals surface area contributed by atoms with E-state index in [4.69, 9.17) is 0 Å². The summed E-state index contributed by atoms with van der Waals surface area (Å²) >= 11 is 3.37. The van der Waals surface area contributed by atoms with Crippen LogP contribution in [0.4, 0.5) is 0 Å². The third-order valence-electron chi connectivity index (χ3n) is 3.93. The molecule has 1 aromatic carbocycles. The lowest BCUT2D eigenvalue weighted by atomic mass is 9.92. The number of halogens is 1. The Kier molecular flexibility index (Phi) is 4.43. The molecule has 1 aliphatic heterocycles. The SMILES string of the molecule is CC(C(=O)c1ccc(Br)cc1)N1CCC(C)(O)CC1. The zero-order chi connectivity index (χ0) is 14.0. The van der Waals surface area contributed by atoms with Gasteiger partial charge in [0.2, 0.25) is 0 Å². The molecule has 0 radical (unpaired) electrons. The molecule has 2 rings (SSSR count).